The first-order valence-electron chi connectivity index (χ1n) is 8.14. The van der Waals surface area contributed by atoms with Gasteiger partial charge >= 0.3 is 0 Å². The highest BCUT2D eigenvalue weighted by Crippen LogP contribution is 2.18. The number of aromatic nitrogens is 2. The van der Waals surface area contributed by atoms with E-state index >= 15 is 0 Å². The fourth-order valence-corrected chi connectivity index (χ4v) is 2.56. The first-order valence-corrected chi connectivity index (χ1v) is 8.14. The number of hydrogen-bond acceptors (Lipinski definition) is 5. The standard InChI is InChI=1S/C17H24N4O2/c1-2-5-17(23-11-3-7-20-8-6-18-15-20)16(4-1)14-19-21-9-12-22-13-10-21/h1-2,4-6,8,15,19H,3,7,9-14H2. The lowest BCUT2D eigenvalue weighted by atomic mass is 10.2. The zero-order chi connectivity index (χ0) is 15.7. The van der Waals surface area contributed by atoms with Crippen LogP contribution in [0.5, 0.6) is 5.75 Å². The molecule has 6 nitrogen and oxygen atoms in total. The molecule has 0 atom stereocenters. The van der Waals surface area contributed by atoms with Gasteiger partial charge in [0.15, 0.2) is 0 Å². The number of rotatable bonds is 8. The molecule has 0 unspecified atom stereocenters. The van der Waals surface area contributed by atoms with Crippen molar-refractivity contribution in [3.8, 4) is 5.75 Å². The molecular formula is C17H24N4O2. The van der Waals surface area contributed by atoms with Gasteiger partial charge in [0.1, 0.15) is 5.75 Å². The summed E-state index contributed by atoms with van der Waals surface area (Å²) in [6.07, 6.45) is 6.56. The summed E-state index contributed by atoms with van der Waals surface area (Å²) in [5, 5.41) is 2.21. The molecule has 2 aromatic rings. The van der Waals surface area contributed by atoms with Crippen LogP contribution in [0.2, 0.25) is 0 Å². The van der Waals surface area contributed by atoms with Crippen molar-refractivity contribution in [2.45, 2.75) is 19.5 Å². The number of para-hydroxylation sites is 1. The topological polar surface area (TPSA) is 51.5 Å². The lowest BCUT2D eigenvalue weighted by Gasteiger charge is -2.27. The molecule has 1 saturated heterocycles. The largest absolute Gasteiger partial charge is 0.493 e. The van der Waals surface area contributed by atoms with Crippen molar-refractivity contribution in [3.63, 3.8) is 0 Å². The van der Waals surface area contributed by atoms with Crippen molar-refractivity contribution in [1.29, 1.82) is 0 Å². The molecule has 1 fully saturated rings. The average Bonchev–Trinajstić information content (AvgIpc) is 3.12. The summed E-state index contributed by atoms with van der Waals surface area (Å²) in [5.74, 6) is 0.957. The molecule has 1 aromatic carbocycles. The molecule has 124 valence electrons. The molecule has 23 heavy (non-hydrogen) atoms. The van der Waals surface area contributed by atoms with Crippen molar-refractivity contribution in [3.05, 3.63) is 48.5 Å². The van der Waals surface area contributed by atoms with Gasteiger partial charge in [-0.1, -0.05) is 18.2 Å². The summed E-state index contributed by atoms with van der Waals surface area (Å²) in [7, 11) is 0. The van der Waals surface area contributed by atoms with Crippen molar-refractivity contribution < 1.29 is 9.47 Å². The van der Waals surface area contributed by atoms with Crippen LogP contribution in [0.1, 0.15) is 12.0 Å². The lowest BCUT2D eigenvalue weighted by Crippen LogP contribution is -2.45. The van der Waals surface area contributed by atoms with Gasteiger partial charge < -0.3 is 14.0 Å². The summed E-state index contributed by atoms with van der Waals surface area (Å²) in [6.45, 7) is 5.83. The van der Waals surface area contributed by atoms with E-state index in [1.165, 1.54) is 5.56 Å². The number of hydrogen-bond donors (Lipinski definition) is 1. The molecule has 6 heteroatoms. The molecule has 1 aromatic heterocycles. The Morgan fingerprint density at radius 3 is 2.91 bits per heavy atom. The van der Waals surface area contributed by atoms with E-state index in [1.807, 2.05) is 24.7 Å². The summed E-state index contributed by atoms with van der Waals surface area (Å²) in [6, 6.07) is 8.21. The molecule has 2 heterocycles. The Hall–Kier alpha value is -1.89. The maximum absolute atomic E-state index is 5.96. The van der Waals surface area contributed by atoms with Gasteiger partial charge in [-0.05, 0) is 12.5 Å². The van der Waals surface area contributed by atoms with Crippen molar-refractivity contribution in [2.24, 2.45) is 0 Å². The zero-order valence-electron chi connectivity index (χ0n) is 13.4. The molecule has 1 aliphatic rings. The van der Waals surface area contributed by atoms with E-state index in [1.54, 1.807) is 6.20 Å². The smallest absolute Gasteiger partial charge is 0.123 e. The molecule has 0 aliphatic carbocycles. The van der Waals surface area contributed by atoms with E-state index in [0.717, 1.165) is 51.6 Å². The third-order valence-electron chi connectivity index (χ3n) is 3.85. The van der Waals surface area contributed by atoms with E-state index in [0.29, 0.717) is 6.61 Å². The first-order chi connectivity index (χ1) is 11.4. The van der Waals surface area contributed by atoms with E-state index < -0.39 is 0 Å². The van der Waals surface area contributed by atoms with Gasteiger partial charge in [0, 0.05) is 44.1 Å². The maximum atomic E-state index is 5.96. The van der Waals surface area contributed by atoms with E-state index in [-0.39, 0.29) is 0 Å². The predicted molar refractivity (Wildman–Crippen MR) is 88.0 cm³/mol. The van der Waals surface area contributed by atoms with Crippen LogP contribution in [-0.4, -0.2) is 47.5 Å². The van der Waals surface area contributed by atoms with Gasteiger partial charge in [-0.3, -0.25) is 5.43 Å². The van der Waals surface area contributed by atoms with Gasteiger partial charge in [-0.15, -0.1) is 0 Å². The summed E-state index contributed by atoms with van der Waals surface area (Å²) >= 11 is 0. The highest BCUT2D eigenvalue weighted by Gasteiger charge is 2.10. The molecule has 1 N–H and O–H groups in total. The Labute approximate surface area is 137 Å². The minimum atomic E-state index is 0.701. The van der Waals surface area contributed by atoms with Gasteiger partial charge in [-0.2, -0.15) is 0 Å². The van der Waals surface area contributed by atoms with Crippen LogP contribution in [0.4, 0.5) is 0 Å². The third-order valence-corrected chi connectivity index (χ3v) is 3.85. The second-order valence-electron chi connectivity index (χ2n) is 5.54. The second-order valence-corrected chi connectivity index (χ2v) is 5.54. The zero-order valence-corrected chi connectivity index (χ0v) is 13.4. The van der Waals surface area contributed by atoms with Gasteiger partial charge in [0.25, 0.3) is 0 Å². The molecule has 0 spiro atoms. The average molecular weight is 316 g/mol. The number of imidazole rings is 1. The normalized spacial score (nSPS) is 15.7. The third kappa shape index (κ3) is 5.06. The first kappa shape index (κ1) is 16.0. The highest BCUT2D eigenvalue weighted by molar-refractivity contribution is 5.33. The minimum absolute atomic E-state index is 0.701. The van der Waals surface area contributed by atoms with Gasteiger partial charge in [0.05, 0.1) is 26.1 Å². The lowest BCUT2D eigenvalue weighted by molar-refractivity contribution is 0.0104. The molecule has 0 saturated carbocycles. The van der Waals surface area contributed by atoms with Crippen molar-refractivity contribution in [2.75, 3.05) is 32.9 Å². The fraction of sp³-hybridized carbons (Fsp3) is 0.471. The quantitative estimate of drug-likeness (QED) is 0.751. The van der Waals surface area contributed by atoms with Crippen LogP contribution >= 0.6 is 0 Å². The van der Waals surface area contributed by atoms with Crippen molar-refractivity contribution >= 4 is 0 Å². The van der Waals surface area contributed by atoms with E-state index in [9.17, 15) is 0 Å². The second kappa shape index (κ2) is 8.67. The Morgan fingerprint density at radius 1 is 1.22 bits per heavy atom. The number of nitrogens with zero attached hydrogens (tertiary/aromatic N) is 3. The molecule has 3 rings (SSSR count). The van der Waals surface area contributed by atoms with Crippen LogP contribution in [0.3, 0.4) is 0 Å². The molecular weight excluding hydrogens is 292 g/mol. The fourth-order valence-electron chi connectivity index (χ4n) is 2.56. The van der Waals surface area contributed by atoms with Crippen LogP contribution < -0.4 is 10.2 Å². The highest BCUT2D eigenvalue weighted by atomic mass is 16.5. The van der Waals surface area contributed by atoms with Crippen LogP contribution in [0.25, 0.3) is 0 Å². The van der Waals surface area contributed by atoms with Gasteiger partial charge in [-0.25, -0.2) is 9.99 Å². The summed E-state index contributed by atoms with van der Waals surface area (Å²) in [5.41, 5.74) is 4.63. The van der Waals surface area contributed by atoms with Crippen LogP contribution in [0.15, 0.2) is 43.0 Å². The number of nitrogens with one attached hydrogen (secondary N) is 1. The van der Waals surface area contributed by atoms with Crippen LogP contribution in [-0.2, 0) is 17.8 Å². The Balaban J connectivity index is 1.44. The maximum Gasteiger partial charge on any atom is 0.123 e. The van der Waals surface area contributed by atoms with E-state index in [2.05, 4.69) is 32.1 Å². The number of benzene rings is 1. The Kier molecular flexibility index (Phi) is 6.02. The summed E-state index contributed by atoms with van der Waals surface area (Å²) in [4.78, 5) is 4.04. The van der Waals surface area contributed by atoms with Crippen molar-refractivity contribution in [1.82, 2.24) is 20.0 Å². The van der Waals surface area contributed by atoms with Crippen LogP contribution in [0, 0.1) is 0 Å². The number of hydrazine groups is 1. The minimum Gasteiger partial charge on any atom is -0.493 e. The van der Waals surface area contributed by atoms with E-state index in [4.69, 9.17) is 9.47 Å². The number of morpholine rings is 1. The van der Waals surface area contributed by atoms with Gasteiger partial charge in [0.2, 0.25) is 0 Å². The molecule has 0 bridgehead atoms. The molecule has 1 aliphatic heterocycles. The molecule has 0 amide bonds. The SMILES string of the molecule is c1ccc(OCCCn2ccnc2)c(CNN2CCOCC2)c1. The Bertz CT molecular complexity index is 568. The Morgan fingerprint density at radius 2 is 2.09 bits per heavy atom. The monoisotopic (exact) mass is 316 g/mol. The predicted octanol–water partition coefficient (Wildman–Crippen LogP) is 1.69. The number of ether oxygens (including phenoxy) is 2. The summed E-state index contributed by atoms with van der Waals surface area (Å²) < 4.78 is 13.4. The molecule has 0 radical (unpaired) electrons. The number of aryl methyl sites for hydroxylation is 1.